The fraction of sp³-hybridized carbons (Fsp3) is 0.469. The van der Waals surface area contributed by atoms with E-state index in [4.69, 9.17) is 23.2 Å². The van der Waals surface area contributed by atoms with Crippen molar-refractivity contribution in [1.29, 1.82) is 0 Å². The molecular formula is C49H58FN3O9Si. The van der Waals surface area contributed by atoms with Gasteiger partial charge in [0.25, 0.3) is 5.88 Å². The van der Waals surface area contributed by atoms with E-state index in [1.54, 1.807) is 38.8 Å². The van der Waals surface area contributed by atoms with Crippen molar-refractivity contribution in [2.24, 2.45) is 11.8 Å². The first-order valence-corrected chi connectivity index (χ1v) is 24.8. The zero-order valence-corrected chi connectivity index (χ0v) is 38.6. The maximum Gasteiger partial charge on any atom is 0.410 e. The molecule has 5 atom stereocenters. The predicted octanol–water partition coefficient (Wildman–Crippen LogP) is 9.99. The SMILES string of the molecule is CN[C@@H]1c2onc(OCc3ccccc3)c2C(=O)[C@@]2(O[Si](C)(C)C(C)(C)C)C(=O)C3=C(O)c4c(OCc5ccccc5)cc(C5CCCN5C(=O)OC(C)(C)C)c(F)c4C[C@H]3C[C@@H]12. The van der Waals surface area contributed by atoms with Gasteiger partial charge in [-0.2, -0.15) is 0 Å². The van der Waals surface area contributed by atoms with Gasteiger partial charge in [-0.15, -0.1) is 0 Å². The number of amides is 1. The fourth-order valence-corrected chi connectivity index (χ4v) is 10.9. The number of Topliss-reactive ketones (excluding diaryl/α,β-unsaturated/α-hetero) is 2. The molecule has 2 heterocycles. The van der Waals surface area contributed by atoms with E-state index in [1.165, 1.54) is 0 Å². The van der Waals surface area contributed by atoms with Crippen molar-refractivity contribution >= 4 is 31.7 Å². The Bertz CT molecular complexity index is 2460. The van der Waals surface area contributed by atoms with Gasteiger partial charge < -0.3 is 38.5 Å². The van der Waals surface area contributed by atoms with Crippen molar-refractivity contribution in [1.82, 2.24) is 15.4 Å². The molecule has 4 aromatic rings. The van der Waals surface area contributed by atoms with E-state index < -0.39 is 77.7 Å². The van der Waals surface area contributed by atoms with Crippen molar-refractivity contribution < 1.29 is 47.0 Å². The molecule has 3 aromatic carbocycles. The second kappa shape index (κ2) is 16.4. The Kier molecular flexibility index (Phi) is 11.5. The minimum Gasteiger partial charge on any atom is -0.507 e. The van der Waals surface area contributed by atoms with Crippen LogP contribution in [0.3, 0.4) is 0 Å². The van der Waals surface area contributed by atoms with Crippen LogP contribution in [0.4, 0.5) is 9.18 Å². The van der Waals surface area contributed by atoms with Crippen molar-refractivity contribution in [2.45, 2.75) is 122 Å². The molecule has 14 heteroatoms. The minimum atomic E-state index is -2.99. The highest BCUT2D eigenvalue weighted by Crippen LogP contribution is 2.58. The number of ketones is 2. The van der Waals surface area contributed by atoms with E-state index in [0.29, 0.717) is 19.4 Å². The van der Waals surface area contributed by atoms with Crippen LogP contribution < -0.4 is 14.8 Å². The number of rotatable bonds is 10. The number of likely N-dealkylation sites (tertiary alicyclic amines) is 1. The number of carbonyl (C=O) groups is 3. The topological polar surface area (TPSA) is 150 Å². The van der Waals surface area contributed by atoms with E-state index in [1.807, 2.05) is 94.5 Å². The van der Waals surface area contributed by atoms with E-state index in [9.17, 15) is 9.90 Å². The highest BCUT2D eigenvalue weighted by molar-refractivity contribution is 6.74. The number of ether oxygens (including phenoxy) is 3. The molecule has 63 heavy (non-hydrogen) atoms. The van der Waals surface area contributed by atoms with E-state index >= 15 is 14.0 Å². The maximum atomic E-state index is 17.5. The molecular weight excluding hydrogens is 822 g/mol. The summed E-state index contributed by atoms with van der Waals surface area (Å²) in [6.45, 7) is 16.0. The highest BCUT2D eigenvalue weighted by atomic mass is 28.4. The molecule has 0 spiro atoms. The molecule has 0 radical (unpaired) electrons. The van der Waals surface area contributed by atoms with Crippen molar-refractivity contribution in [2.75, 3.05) is 13.6 Å². The summed E-state index contributed by atoms with van der Waals surface area (Å²) in [6.07, 6.45) is 0.726. The lowest BCUT2D eigenvalue weighted by Gasteiger charge is -2.54. The molecule has 1 unspecified atom stereocenters. The van der Waals surface area contributed by atoms with Crippen LogP contribution in [-0.2, 0) is 33.6 Å². The van der Waals surface area contributed by atoms with Crippen LogP contribution >= 0.6 is 0 Å². The Morgan fingerprint density at radius 1 is 0.968 bits per heavy atom. The first-order valence-electron chi connectivity index (χ1n) is 21.9. The molecule has 2 fully saturated rings. The number of aliphatic hydroxyl groups is 1. The maximum absolute atomic E-state index is 17.5. The Morgan fingerprint density at radius 2 is 1.60 bits per heavy atom. The summed E-state index contributed by atoms with van der Waals surface area (Å²) >= 11 is 0. The Balaban J connectivity index is 1.29. The molecule has 1 saturated carbocycles. The highest BCUT2D eigenvalue weighted by Gasteiger charge is 2.68. The lowest BCUT2D eigenvalue weighted by atomic mass is 9.57. The Morgan fingerprint density at radius 3 is 2.21 bits per heavy atom. The van der Waals surface area contributed by atoms with Crippen LogP contribution in [0.25, 0.3) is 5.76 Å². The number of hydrogen-bond acceptors (Lipinski definition) is 11. The summed E-state index contributed by atoms with van der Waals surface area (Å²) < 4.78 is 49.1. The zero-order valence-electron chi connectivity index (χ0n) is 37.6. The summed E-state index contributed by atoms with van der Waals surface area (Å²) in [7, 11) is -1.27. The van der Waals surface area contributed by atoms with Gasteiger partial charge in [-0.3, -0.25) is 9.59 Å². The van der Waals surface area contributed by atoms with Crippen LogP contribution in [0.15, 0.2) is 76.8 Å². The molecule has 2 N–H and O–H groups in total. The number of carbonyl (C=O) groups excluding carboxylic acids is 3. The van der Waals surface area contributed by atoms with Gasteiger partial charge >= 0.3 is 6.09 Å². The largest absolute Gasteiger partial charge is 0.507 e. The summed E-state index contributed by atoms with van der Waals surface area (Å²) in [5.41, 5.74) is -0.772. The number of benzene rings is 3. The predicted molar refractivity (Wildman–Crippen MR) is 236 cm³/mol. The number of hydrogen-bond donors (Lipinski definition) is 2. The van der Waals surface area contributed by atoms with Gasteiger partial charge in [-0.25, -0.2) is 9.18 Å². The van der Waals surface area contributed by atoms with Gasteiger partial charge in [0.2, 0.25) is 11.6 Å². The molecule has 3 aliphatic carbocycles. The van der Waals surface area contributed by atoms with Crippen LogP contribution in [0, 0.1) is 17.7 Å². The van der Waals surface area contributed by atoms with Gasteiger partial charge in [-0.05, 0) is 99.9 Å². The molecule has 4 aliphatic rings. The minimum absolute atomic E-state index is 0.00693. The number of aliphatic hydroxyl groups excluding tert-OH is 1. The lowest BCUT2D eigenvalue weighted by molar-refractivity contribution is -0.138. The normalized spacial score (nSPS) is 23.5. The van der Waals surface area contributed by atoms with Gasteiger partial charge in [0.1, 0.15) is 41.7 Å². The van der Waals surface area contributed by atoms with Gasteiger partial charge in [-0.1, -0.05) is 81.4 Å². The summed E-state index contributed by atoms with van der Waals surface area (Å²) in [6, 6.07) is 19.0. The van der Waals surface area contributed by atoms with E-state index in [0.717, 1.165) is 11.1 Å². The second-order valence-electron chi connectivity index (χ2n) is 19.8. The first-order chi connectivity index (χ1) is 29.8. The summed E-state index contributed by atoms with van der Waals surface area (Å²) in [5.74, 6) is -3.65. The Hall–Kier alpha value is -5.31. The van der Waals surface area contributed by atoms with Gasteiger partial charge in [0.15, 0.2) is 19.7 Å². The van der Waals surface area contributed by atoms with E-state index in [2.05, 4.69) is 10.5 Å². The number of nitrogens with one attached hydrogen (secondary N) is 1. The van der Waals surface area contributed by atoms with Gasteiger partial charge in [0.05, 0.1) is 17.6 Å². The molecule has 1 aromatic heterocycles. The monoisotopic (exact) mass is 879 g/mol. The third-order valence-electron chi connectivity index (χ3n) is 13.5. The molecule has 1 amide bonds. The molecule has 8 rings (SSSR count). The van der Waals surface area contributed by atoms with Crippen LogP contribution in [-0.4, -0.2) is 65.9 Å². The standard InChI is InChI=1S/C49H58FN3O9Si/c1-47(2,3)60-46(57)53-22-16-21-34(53)31-25-35(58-26-28-17-12-10-13-18-28)37-32(39(31)50)23-30-24-33-40(51-7)42-38(45(52-61-42)59-27-29-19-14-11-15-20-29)44(56)49(33,43(55)36(30)41(37)54)62-63(8,9)48(4,5)6/h10-15,17-20,25,30,33-34,40,51,54H,16,21-24,26-27H2,1-9H3/t30-,33-,34?,40-,49-/m0/s1. The quantitative estimate of drug-likeness (QED) is 0.116. The number of aromatic nitrogens is 1. The molecule has 1 aliphatic heterocycles. The van der Waals surface area contributed by atoms with Crippen molar-refractivity contribution in [3.8, 4) is 11.6 Å². The number of nitrogens with zero attached hydrogens (tertiary/aromatic N) is 2. The Labute approximate surface area is 369 Å². The second-order valence-corrected chi connectivity index (χ2v) is 24.5. The first kappa shape index (κ1) is 44.3. The average molecular weight is 880 g/mol. The van der Waals surface area contributed by atoms with Crippen molar-refractivity contribution in [3.63, 3.8) is 0 Å². The lowest BCUT2D eigenvalue weighted by Crippen LogP contribution is -2.68. The smallest absolute Gasteiger partial charge is 0.410 e. The molecule has 12 nitrogen and oxygen atoms in total. The summed E-state index contributed by atoms with van der Waals surface area (Å²) in [4.78, 5) is 46.5. The molecule has 1 saturated heterocycles. The van der Waals surface area contributed by atoms with Crippen LogP contribution in [0.2, 0.25) is 18.1 Å². The van der Waals surface area contributed by atoms with Crippen molar-refractivity contribution in [3.05, 3.63) is 117 Å². The summed E-state index contributed by atoms with van der Waals surface area (Å²) in [5, 5.41) is 19.8. The molecule has 334 valence electrons. The van der Waals surface area contributed by atoms with E-state index in [-0.39, 0.29) is 71.3 Å². The molecule has 0 bridgehead atoms. The fourth-order valence-electron chi connectivity index (χ4n) is 9.49. The third-order valence-corrected chi connectivity index (χ3v) is 18.0. The third kappa shape index (κ3) is 7.77. The zero-order chi connectivity index (χ0) is 45.2. The average Bonchev–Trinajstić information content (AvgIpc) is 3.89. The van der Waals surface area contributed by atoms with Crippen LogP contribution in [0.5, 0.6) is 11.6 Å². The number of halogens is 1. The van der Waals surface area contributed by atoms with Gasteiger partial charge in [0, 0.05) is 29.2 Å². The number of fused-ring (bicyclic) bond motifs is 4. The van der Waals surface area contributed by atoms with Crippen LogP contribution in [0.1, 0.15) is 117 Å².